The second-order valence-electron chi connectivity index (χ2n) is 5.08. The van der Waals surface area contributed by atoms with E-state index in [-0.39, 0.29) is 18.5 Å². The molecule has 2 aromatic carbocycles. The Morgan fingerprint density at radius 1 is 1.09 bits per heavy atom. The minimum absolute atomic E-state index is 0.187. The van der Waals surface area contributed by atoms with E-state index in [1.54, 1.807) is 14.0 Å². The lowest BCUT2D eigenvalue weighted by Gasteiger charge is -2.16. The van der Waals surface area contributed by atoms with Gasteiger partial charge in [0.05, 0.1) is 19.1 Å². The van der Waals surface area contributed by atoms with Crippen molar-refractivity contribution in [3.63, 3.8) is 0 Å². The number of hydrogen-bond acceptors (Lipinski definition) is 4. The first-order chi connectivity index (χ1) is 11.2. The third-order valence-corrected chi connectivity index (χ3v) is 3.42. The first-order valence-corrected chi connectivity index (χ1v) is 7.68. The summed E-state index contributed by atoms with van der Waals surface area (Å²) in [7, 11) is 1.58. The van der Waals surface area contributed by atoms with Crippen LogP contribution in [0.2, 0.25) is 0 Å². The number of carbonyl (C=O) groups excluding carboxylic acids is 1. The second kappa shape index (κ2) is 8.96. The Morgan fingerprint density at radius 3 is 2.57 bits per heavy atom. The van der Waals surface area contributed by atoms with Crippen molar-refractivity contribution < 1.29 is 19.0 Å². The molecular formula is C19H22O4. The molecule has 0 aliphatic carbocycles. The van der Waals surface area contributed by atoms with E-state index in [9.17, 15) is 4.79 Å². The van der Waals surface area contributed by atoms with Gasteiger partial charge in [0, 0.05) is 7.11 Å². The normalized spacial score (nSPS) is 11.7. The van der Waals surface area contributed by atoms with Gasteiger partial charge in [0.15, 0.2) is 0 Å². The highest BCUT2D eigenvalue weighted by Crippen LogP contribution is 2.25. The molecule has 0 fully saturated rings. The molecule has 0 aromatic heterocycles. The summed E-state index contributed by atoms with van der Waals surface area (Å²) >= 11 is 0. The molecule has 0 aliphatic heterocycles. The molecule has 0 bridgehead atoms. The van der Waals surface area contributed by atoms with Gasteiger partial charge >= 0.3 is 5.97 Å². The third-order valence-electron chi connectivity index (χ3n) is 3.42. The van der Waals surface area contributed by atoms with Crippen molar-refractivity contribution in [2.24, 2.45) is 0 Å². The van der Waals surface area contributed by atoms with Crippen LogP contribution in [0.3, 0.4) is 0 Å². The van der Waals surface area contributed by atoms with Gasteiger partial charge in [0.25, 0.3) is 0 Å². The fourth-order valence-corrected chi connectivity index (χ4v) is 2.25. The van der Waals surface area contributed by atoms with E-state index in [2.05, 4.69) is 0 Å². The Hall–Kier alpha value is -2.33. The van der Waals surface area contributed by atoms with Crippen molar-refractivity contribution in [2.75, 3.05) is 13.7 Å². The Bertz CT molecular complexity index is 610. The van der Waals surface area contributed by atoms with Gasteiger partial charge in [-0.1, -0.05) is 42.5 Å². The molecule has 1 atom stereocenters. The first kappa shape index (κ1) is 17.0. The van der Waals surface area contributed by atoms with Crippen LogP contribution in [0.25, 0.3) is 0 Å². The minimum Gasteiger partial charge on any atom is -0.489 e. The largest absolute Gasteiger partial charge is 0.489 e. The van der Waals surface area contributed by atoms with Crippen molar-refractivity contribution >= 4 is 5.97 Å². The predicted octanol–water partition coefficient (Wildman–Crippen LogP) is 3.91. The first-order valence-electron chi connectivity index (χ1n) is 7.68. The van der Waals surface area contributed by atoms with Crippen molar-refractivity contribution in [1.82, 2.24) is 0 Å². The summed E-state index contributed by atoms with van der Waals surface area (Å²) in [6.07, 6.45) is -0.152. The summed E-state index contributed by atoms with van der Waals surface area (Å²) in [5, 5.41) is 0. The molecule has 2 rings (SSSR count). The second-order valence-corrected chi connectivity index (χ2v) is 5.08. The molecule has 0 saturated carbocycles. The van der Waals surface area contributed by atoms with Crippen LogP contribution in [-0.4, -0.2) is 19.7 Å². The molecule has 0 aliphatic rings. The molecule has 1 unspecified atom stereocenters. The fraction of sp³-hybridized carbons (Fsp3) is 0.316. The number of esters is 1. The van der Waals surface area contributed by atoms with Crippen LogP contribution in [0, 0.1) is 0 Å². The number of ether oxygens (including phenoxy) is 3. The van der Waals surface area contributed by atoms with E-state index in [0.717, 1.165) is 16.9 Å². The molecule has 4 nitrogen and oxygen atoms in total. The zero-order valence-corrected chi connectivity index (χ0v) is 13.5. The van der Waals surface area contributed by atoms with E-state index >= 15 is 0 Å². The lowest BCUT2D eigenvalue weighted by Crippen LogP contribution is -2.12. The number of benzene rings is 2. The molecule has 0 N–H and O–H groups in total. The van der Waals surface area contributed by atoms with Crippen LogP contribution < -0.4 is 4.74 Å². The highest BCUT2D eigenvalue weighted by atomic mass is 16.5. The van der Waals surface area contributed by atoms with E-state index in [1.165, 1.54) is 0 Å². The Morgan fingerprint density at radius 2 is 1.87 bits per heavy atom. The molecule has 4 heteroatoms. The van der Waals surface area contributed by atoms with E-state index in [0.29, 0.717) is 13.2 Å². The maximum atomic E-state index is 11.6. The highest BCUT2D eigenvalue weighted by molar-refractivity contribution is 5.70. The summed E-state index contributed by atoms with van der Waals surface area (Å²) in [6, 6.07) is 17.6. The van der Waals surface area contributed by atoms with Crippen molar-refractivity contribution in [3.8, 4) is 5.75 Å². The molecule has 0 amide bonds. The fourth-order valence-electron chi connectivity index (χ4n) is 2.25. The van der Waals surface area contributed by atoms with Gasteiger partial charge in [-0.3, -0.25) is 4.79 Å². The Kier molecular flexibility index (Phi) is 6.63. The van der Waals surface area contributed by atoms with Gasteiger partial charge in [-0.25, -0.2) is 0 Å². The maximum absolute atomic E-state index is 11.6. The van der Waals surface area contributed by atoms with Crippen LogP contribution in [0.5, 0.6) is 5.75 Å². The zero-order chi connectivity index (χ0) is 16.5. The van der Waals surface area contributed by atoms with Gasteiger partial charge in [-0.05, 0) is 30.2 Å². The van der Waals surface area contributed by atoms with Crippen LogP contribution in [-0.2, 0) is 20.9 Å². The standard InChI is InChI=1S/C19H22O4/c1-3-22-19(20)13-18(21-2)16-10-7-11-17(12-16)23-14-15-8-5-4-6-9-15/h4-12,18H,3,13-14H2,1-2H3. The third kappa shape index (κ3) is 5.42. The summed E-state index contributed by atoms with van der Waals surface area (Å²) in [5.41, 5.74) is 2.00. The molecule has 0 saturated heterocycles. The quantitative estimate of drug-likeness (QED) is 0.693. The number of carbonyl (C=O) groups is 1. The van der Waals surface area contributed by atoms with E-state index in [4.69, 9.17) is 14.2 Å². The summed E-state index contributed by atoms with van der Waals surface area (Å²) in [4.78, 5) is 11.6. The lowest BCUT2D eigenvalue weighted by atomic mass is 10.1. The van der Waals surface area contributed by atoms with Gasteiger partial charge in [0.2, 0.25) is 0 Å². The summed E-state index contributed by atoms with van der Waals surface area (Å²) in [6.45, 7) is 2.66. The topological polar surface area (TPSA) is 44.8 Å². The zero-order valence-electron chi connectivity index (χ0n) is 13.5. The van der Waals surface area contributed by atoms with Crippen LogP contribution >= 0.6 is 0 Å². The molecule has 0 spiro atoms. The maximum Gasteiger partial charge on any atom is 0.308 e. The van der Waals surface area contributed by atoms with Crippen LogP contribution in [0.15, 0.2) is 54.6 Å². The molecule has 122 valence electrons. The highest BCUT2D eigenvalue weighted by Gasteiger charge is 2.16. The molecule has 0 radical (unpaired) electrons. The monoisotopic (exact) mass is 314 g/mol. The lowest BCUT2D eigenvalue weighted by molar-refractivity contribution is -0.146. The summed E-state index contributed by atoms with van der Waals surface area (Å²) < 4.78 is 16.2. The molecule has 0 heterocycles. The predicted molar refractivity (Wildman–Crippen MR) is 88.2 cm³/mol. The van der Waals surface area contributed by atoms with E-state index < -0.39 is 0 Å². The smallest absolute Gasteiger partial charge is 0.308 e. The van der Waals surface area contributed by atoms with Gasteiger partial charge in [-0.2, -0.15) is 0 Å². The van der Waals surface area contributed by atoms with Crippen molar-refractivity contribution in [2.45, 2.75) is 26.1 Å². The van der Waals surface area contributed by atoms with Gasteiger partial charge in [0.1, 0.15) is 12.4 Å². The van der Waals surface area contributed by atoms with E-state index in [1.807, 2.05) is 54.6 Å². The van der Waals surface area contributed by atoms with Crippen molar-refractivity contribution in [3.05, 3.63) is 65.7 Å². The SMILES string of the molecule is CCOC(=O)CC(OC)c1cccc(OCc2ccccc2)c1. The van der Waals surface area contributed by atoms with Crippen LogP contribution in [0.1, 0.15) is 30.6 Å². The molecular weight excluding hydrogens is 292 g/mol. The Balaban J connectivity index is 2.01. The van der Waals surface area contributed by atoms with Crippen LogP contribution in [0.4, 0.5) is 0 Å². The average Bonchev–Trinajstić information content (AvgIpc) is 2.59. The number of methoxy groups -OCH3 is 1. The van der Waals surface area contributed by atoms with Crippen molar-refractivity contribution in [1.29, 1.82) is 0 Å². The Labute approximate surface area is 137 Å². The minimum atomic E-state index is -0.339. The van der Waals surface area contributed by atoms with Gasteiger partial charge in [-0.15, -0.1) is 0 Å². The number of hydrogen-bond donors (Lipinski definition) is 0. The summed E-state index contributed by atoms with van der Waals surface area (Å²) in [5.74, 6) is 0.479. The molecule has 23 heavy (non-hydrogen) atoms. The average molecular weight is 314 g/mol. The van der Waals surface area contributed by atoms with Gasteiger partial charge < -0.3 is 14.2 Å². The molecule has 2 aromatic rings. The number of rotatable bonds is 8.